The number of anilines is 1. The lowest BCUT2D eigenvalue weighted by molar-refractivity contribution is 0.412. The van der Waals surface area contributed by atoms with Crippen LogP contribution in [0.2, 0.25) is 0 Å². The topological polar surface area (TPSA) is 116 Å². The Morgan fingerprint density at radius 2 is 1.34 bits per heavy atom. The average Bonchev–Trinajstić information content (AvgIpc) is 2.80. The molecule has 4 rings (SSSR count). The Hall–Kier alpha value is -4.52. The maximum absolute atomic E-state index is 7.97. The number of amidine groups is 1. The standard InChI is InChI=1S/C25H22N4O3/c1-30-17-11-13-20(14-12-17)32-22-15-21(23(24(26)27)25(28)29-22)16-7-9-19(10-8-16)31-18-5-3-2-4-6-18/h2-15H,1H3,(H3,26,27)(H2,28,29). The van der Waals surface area contributed by atoms with Gasteiger partial charge in [0.05, 0.1) is 12.7 Å². The smallest absolute Gasteiger partial charge is 0.221 e. The zero-order valence-corrected chi connectivity index (χ0v) is 17.4. The number of nitrogens with zero attached hydrogens (tertiary/aromatic N) is 1. The quantitative estimate of drug-likeness (QED) is 0.276. The van der Waals surface area contributed by atoms with Gasteiger partial charge in [0.15, 0.2) is 0 Å². The Balaban J connectivity index is 1.65. The van der Waals surface area contributed by atoms with Crippen molar-refractivity contribution >= 4 is 11.7 Å². The SMILES string of the molecule is COc1ccc(Oc2cc(-c3ccc(Oc4ccccc4)cc3)c(C(=N)N)c(N)n2)cc1. The summed E-state index contributed by atoms with van der Waals surface area (Å²) in [6.07, 6.45) is 0. The third kappa shape index (κ3) is 4.62. The summed E-state index contributed by atoms with van der Waals surface area (Å²) in [4.78, 5) is 4.27. The van der Waals surface area contributed by atoms with E-state index in [0.717, 1.165) is 17.1 Å². The molecule has 0 spiro atoms. The van der Waals surface area contributed by atoms with Crippen molar-refractivity contribution in [1.82, 2.24) is 4.98 Å². The molecular formula is C25H22N4O3. The van der Waals surface area contributed by atoms with E-state index in [1.807, 2.05) is 54.6 Å². The molecule has 1 heterocycles. The lowest BCUT2D eigenvalue weighted by Gasteiger charge is -2.14. The van der Waals surface area contributed by atoms with Crippen molar-refractivity contribution < 1.29 is 14.2 Å². The molecule has 0 aliphatic carbocycles. The first-order valence-electron chi connectivity index (χ1n) is 9.83. The van der Waals surface area contributed by atoms with Gasteiger partial charge in [-0.05, 0) is 54.1 Å². The van der Waals surface area contributed by atoms with Gasteiger partial charge >= 0.3 is 0 Å². The molecule has 0 saturated carbocycles. The van der Waals surface area contributed by atoms with Gasteiger partial charge in [0, 0.05) is 11.6 Å². The number of para-hydroxylation sites is 1. The molecular weight excluding hydrogens is 404 g/mol. The van der Waals surface area contributed by atoms with E-state index in [1.54, 1.807) is 37.4 Å². The summed E-state index contributed by atoms with van der Waals surface area (Å²) in [5.41, 5.74) is 13.7. The van der Waals surface area contributed by atoms with E-state index in [0.29, 0.717) is 22.6 Å². The van der Waals surface area contributed by atoms with Gasteiger partial charge in [-0.25, -0.2) is 0 Å². The first-order chi connectivity index (χ1) is 15.5. The molecule has 0 radical (unpaired) electrons. The van der Waals surface area contributed by atoms with Gasteiger partial charge in [-0.1, -0.05) is 30.3 Å². The molecule has 0 amide bonds. The van der Waals surface area contributed by atoms with Crippen LogP contribution in [0.4, 0.5) is 5.82 Å². The number of nitrogen functional groups attached to an aromatic ring is 2. The van der Waals surface area contributed by atoms with Crippen molar-refractivity contribution in [2.24, 2.45) is 5.73 Å². The Labute approximate surface area is 185 Å². The van der Waals surface area contributed by atoms with Crippen LogP contribution < -0.4 is 25.7 Å². The fourth-order valence-electron chi connectivity index (χ4n) is 3.20. The highest BCUT2D eigenvalue weighted by atomic mass is 16.5. The van der Waals surface area contributed by atoms with Crippen molar-refractivity contribution in [3.8, 4) is 40.0 Å². The van der Waals surface area contributed by atoms with Gasteiger partial charge in [-0.2, -0.15) is 4.98 Å². The first-order valence-corrected chi connectivity index (χ1v) is 9.83. The average molecular weight is 426 g/mol. The third-order valence-electron chi connectivity index (χ3n) is 4.72. The molecule has 0 aliphatic rings. The van der Waals surface area contributed by atoms with E-state index in [-0.39, 0.29) is 17.5 Å². The summed E-state index contributed by atoms with van der Waals surface area (Å²) in [5.74, 6) is 2.95. The second-order valence-electron chi connectivity index (χ2n) is 6.90. The highest BCUT2D eigenvalue weighted by Crippen LogP contribution is 2.34. The van der Waals surface area contributed by atoms with Crippen LogP contribution in [-0.4, -0.2) is 17.9 Å². The van der Waals surface area contributed by atoms with Crippen LogP contribution in [0.3, 0.4) is 0 Å². The minimum atomic E-state index is -0.175. The van der Waals surface area contributed by atoms with Crippen LogP contribution in [0.25, 0.3) is 11.1 Å². The fraction of sp³-hybridized carbons (Fsp3) is 0.0400. The Kier molecular flexibility index (Phi) is 5.89. The van der Waals surface area contributed by atoms with Crippen molar-refractivity contribution in [2.45, 2.75) is 0 Å². The van der Waals surface area contributed by atoms with E-state index in [9.17, 15) is 0 Å². The Morgan fingerprint density at radius 3 is 1.97 bits per heavy atom. The molecule has 32 heavy (non-hydrogen) atoms. The maximum Gasteiger partial charge on any atom is 0.221 e. The van der Waals surface area contributed by atoms with Crippen LogP contribution in [-0.2, 0) is 0 Å². The number of aromatic nitrogens is 1. The molecule has 1 aromatic heterocycles. The van der Waals surface area contributed by atoms with Gasteiger partial charge in [0.2, 0.25) is 5.88 Å². The fourth-order valence-corrected chi connectivity index (χ4v) is 3.20. The van der Waals surface area contributed by atoms with Gasteiger partial charge in [-0.15, -0.1) is 0 Å². The van der Waals surface area contributed by atoms with Gasteiger partial charge in [0.25, 0.3) is 0 Å². The molecule has 160 valence electrons. The van der Waals surface area contributed by atoms with Gasteiger partial charge < -0.3 is 25.7 Å². The van der Waals surface area contributed by atoms with Crippen LogP contribution in [0, 0.1) is 5.41 Å². The van der Waals surface area contributed by atoms with Gasteiger partial charge in [-0.3, -0.25) is 5.41 Å². The van der Waals surface area contributed by atoms with Crippen LogP contribution in [0.1, 0.15) is 5.56 Å². The number of pyridine rings is 1. The number of benzene rings is 3. The first kappa shape index (κ1) is 20.7. The molecule has 5 N–H and O–H groups in total. The monoisotopic (exact) mass is 426 g/mol. The molecule has 0 fully saturated rings. The van der Waals surface area contributed by atoms with Crippen molar-refractivity contribution in [2.75, 3.05) is 12.8 Å². The largest absolute Gasteiger partial charge is 0.497 e. The Morgan fingerprint density at radius 1 is 0.781 bits per heavy atom. The Bertz CT molecular complexity index is 1220. The lowest BCUT2D eigenvalue weighted by atomic mass is 10.00. The molecule has 0 saturated heterocycles. The lowest BCUT2D eigenvalue weighted by Crippen LogP contribution is -2.16. The zero-order chi connectivity index (χ0) is 22.5. The molecule has 0 unspecified atom stereocenters. The van der Waals surface area contributed by atoms with E-state index in [4.69, 9.17) is 31.1 Å². The summed E-state index contributed by atoms with van der Waals surface area (Å²) in [6.45, 7) is 0. The molecule has 4 aromatic rings. The molecule has 3 aromatic carbocycles. The predicted octanol–water partition coefficient (Wildman–Crippen LogP) is 5.21. The highest BCUT2D eigenvalue weighted by Gasteiger charge is 2.16. The molecule has 0 atom stereocenters. The van der Waals surface area contributed by atoms with E-state index >= 15 is 0 Å². The number of nitrogens with one attached hydrogen (secondary N) is 1. The maximum atomic E-state index is 7.97. The molecule has 7 heteroatoms. The van der Waals surface area contributed by atoms with E-state index in [2.05, 4.69) is 4.98 Å². The summed E-state index contributed by atoms with van der Waals surface area (Å²) in [5, 5.41) is 7.97. The van der Waals surface area contributed by atoms with Crippen LogP contribution >= 0.6 is 0 Å². The second kappa shape index (κ2) is 9.09. The van der Waals surface area contributed by atoms with Crippen LogP contribution in [0.5, 0.6) is 28.9 Å². The number of hydrogen-bond acceptors (Lipinski definition) is 6. The number of ether oxygens (including phenoxy) is 3. The van der Waals surface area contributed by atoms with Gasteiger partial charge in [0.1, 0.15) is 34.7 Å². The van der Waals surface area contributed by atoms with Crippen LogP contribution in [0.15, 0.2) is 84.9 Å². The predicted molar refractivity (Wildman–Crippen MR) is 125 cm³/mol. The summed E-state index contributed by atoms with van der Waals surface area (Å²) < 4.78 is 16.9. The van der Waals surface area contributed by atoms with Crippen molar-refractivity contribution in [3.05, 3.63) is 90.5 Å². The molecule has 7 nitrogen and oxygen atoms in total. The number of rotatable bonds is 7. The number of hydrogen-bond donors (Lipinski definition) is 3. The third-order valence-corrected chi connectivity index (χ3v) is 4.72. The normalized spacial score (nSPS) is 10.4. The van der Waals surface area contributed by atoms with E-state index < -0.39 is 0 Å². The highest BCUT2D eigenvalue weighted by molar-refractivity contribution is 6.05. The summed E-state index contributed by atoms with van der Waals surface area (Å²) in [7, 11) is 1.60. The minimum absolute atomic E-state index is 0.114. The molecule has 0 bridgehead atoms. The number of nitrogens with two attached hydrogens (primary N) is 2. The number of methoxy groups -OCH3 is 1. The zero-order valence-electron chi connectivity index (χ0n) is 17.4. The van der Waals surface area contributed by atoms with E-state index in [1.165, 1.54) is 0 Å². The van der Waals surface area contributed by atoms with Crippen molar-refractivity contribution in [3.63, 3.8) is 0 Å². The van der Waals surface area contributed by atoms with Crippen molar-refractivity contribution in [1.29, 1.82) is 5.41 Å². The summed E-state index contributed by atoms with van der Waals surface area (Å²) >= 11 is 0. The second-order valence-corrected chi connectivity index (χ2v) is 6.90. The molecule has 0 aliphatic heterocycles. The summed E-state index contributed by atoms with van der Waals surface area (Å²) in [6, 6.07) is 25.8. The minimum Gasteiger partial charge on any atom is -0.497 e.